The van der Waals surface area contributed by atoms with Crippen molar-refractivity contribution in [2.75, 3.05) is 26.2 Å². The van der Waals surface area contributed by atoms with Crippen LogP contribution in [0.1, 0.15) is 44.2 Å². The van der Waals surface area contributed by atoms with E-state index in [1.54, 1.807) is 0 Å². The maximum absolute atomic E-state index is 11.9. The van der Waals surface area contributed by atoms with Crippen molar-refractivity contribution in [2.24, 2.45) is 5.92 Å². The lowest BCUT2D eigenvalue weighted by molar-refractivity contribution is -0.121. The molecule has 1 aromatic carbocycles. The lowest BCUT2D eigenvalue weighted by Gasteiger charge is -2.18. The molecule has 1 saturated heterocycles. The van der Waals surface area contributed by atoms with Crippen LogP contribution < -0.4 is 10.6 Å². The Morgan fingerprint density at radius 2 is 1.91 bits per heavy atom. The smallest absolute Gasteiger partial charge is 0.220 e. The molecule has 2 rings (SSSR count). The van der Waals surface area contributed by atoms with Gasteiger partial charge in [-0.05, 0) is 56.1 Å². The average molecular weight is 317 g/mol. The largest absolute Gasteiger partial charge is 0.352 e. The maximum atomic E-state index is 11.9. The van der Waals surface area contributed by atoms with E-state index in [9.17, 15) is 4.79 Å². The molecule has 1 aliphatic rings. The summed E-state index contributed by atoms with van der Waals surface area (Å²) in [5.41, 5.74) is 2.50. The molecular formula is C19H31N3O. The Morgan fingerprint density at radius 3 is 2.52 bits per heavy atom. The van der Waals surface area contributed by atoms with Gasteiger partial charge < -0.3 is 10.6 Å². The van der Waals surface area contributed by atoms with Gasteiger partial charge in [-0.2, -0.15) is 0 Å². The molecule has 1 heterocycles. The second-order valence-electron chi connectivity index (χ2n) is 6.45. The first kappa shape index (κ1) is 18.0. The summed E-state index contributed by atoms with van der Waals surface area (Å²) in [5, 5.41) is 6.38. The number of rotatable bonds is 9. The number of hydrogen-bond donors (Lipinski definition) is 2. The fourth-order valence-electron chi connectivity index (χ4n) is 3.05. The van der Waals surface area contributed by atoms with Gasteiger partial charge in [0.1, 0.15) is 0 Å². The third-order valence-electron chi connectivity index (χ3n) is 4.76. The van der Waals surface area contributed by atoms with Gasteiger partial charge in [0, 0.05) is 19.5 Å². The van der Waals surface area contributed by atoms with Crippen molar-refractivity contribution in [3.63, 3.8) is 0 Å². The molecule has 0 aliphatic carbocycles. The topological polar surface area (TPSA) is 44.4 Å². The first-order valence-electron chi connectivity index (χ1n) is 8.98. The highest BCUT2D eigenvalue weighted by atomic mass is 16.1. The van der Waals surface area contributed by atoms with Crippen molar-refractivity contribution in [3.8, 4) is 0 Å². The molecule has 1 unspecified atom stereocenters. The van der Waals surface area contributed by atoms with Crippen LogP contribution in [-0.2, 0) is 17.9 Å². The van der Waals surface area contributed by atoms with Crippen molar-refractivity contribution in [3.05, 3.63) is 35.4 Å². The number of benzene rings is 1. The number of nitrogens with zero attached hydrogens (tertiary/aromatic N) is 1. The molecule has 1 aliphatic heterocycles. The highest BCUT2D eigenvalue weighted by Gasteiger charge is 2.15. The zero-order valence-corrected chi connectivity index (χ0v) is 14.6. The average Bonchev–Trinajstić information content (AvgIpc) is 3.10. The van der Waals surface area contributed by atoms with Crippen LogP contribution in [0.5, 0.6) is 0 Å². The molecular weight excluding hydrogens is 286 g/mol. The third-order valence-corrected chi connectivity index (χ3v) is 4.76. The zero-order chi connectivity index (χ0) is 16.5. The fourth-order valence-corrected chi connectivity index (χ4v) is 3.05. The van der Waals surface area contributed by atoms with E-state index in [-0.39, 0.29) is 5.91 Å². The minimum absolute atomic E-state index is 0.170. The third kappa shape index (κ3) is 6.32. The van der Waals surface area contributed by atoms with Gasteiger partial charge in [0.05, 0.1) is 0 Å². The Bertz CT molecular complexity index is 462. The molecule has 23 heavy (non-hydrogen) atoms. The van der Waals surface area contributed by atoms with Crippen molar-refractivity contribution in [1.29, 1.82) is 0 Å². The molecule has 0 radical (unpaired) electrons. The van der Waals surface area contributed by atoms with Gasteiger partial charge in [0.25, 0.3) is 0 Å². The standard InChI is InChI=1S/C19H31N3O/c1-3-22(4-2)15-18-7-5-16(6-8-18)14-21-19(23)10-9-17-11-12-20-13-17/h5-8,17,20H,3-4,9-15H2,1-2H3,(H,21,23). The summed E-state index contributed by atoms with van der Waals surface area (Å²) in [5.74, 6) is 0.851. The molecule has 0 spiro atoms. The van der Waals surface area contributed by atoms with Crippen LogP contribution in [0.4, 0.5) is 0 Å². The number of carbonyl (C=O) groups is 1. The van der Waals surface area contributed by atoms with E-state index in [2.05, 4.69) is 53.6 Å². The van der Waals surface area contributed by atoms with E-state index >= 15 is 0 Å². The van der Waals surface area contributed by atoms with Crippen LogP contribution in [0.2, 0.25) is 0 Å². The first-order valence-corrected chi connectivity index (χ1v) is 8.98. The second kappa shape index (κ2) is 9.68. The predicted molar refractivity (Wildman–Crippen MR) is 95.1 cm³/mol. The Kier molecular flexibility index (Phi) is 7.56. The Hall–Kier alpha value is -1.39. The van der Waals surface area contributed by atoms with Gasteiger partial charge in [-0.3, -0.25) is 9.69 Å². The Balaban J connectivity index is 1.69. The van der Waals surface area contributed by atoms with Gasteiger partial charge in [-0.15, -0.1) is 0 Å². The van der Waals surface area contributed by atoms with Gasteiger partial charge in [-0.1, -0.05) is 38.1 Å². The van der Waals surface area contributed by atoms with Crippen molar-refractivity contribution in [2.45, 2.75) is 46.2 Å². The van der Waals surface area contributed by atoms with Crippen LogP contribution >= 0.6 is 0 Å². The number of nitrogens with one attached hydrogen (secondary N) is 2. The van der Waals surface area contributed by atoms with E-state index in [0.717, 1.165) is 39.1 Å². The molecule has 128 valence electrons. The fraction of sp³-hybridized carbons (Fsp3) is 0.632. The second-order valence-corrected chi connectivity index (χ2v) is 6.45. The molecule has 0 bridgehead atoms. The van der Waals surface area contributed by atoms with Crippen LogP contribution in [0.3, 0.4) is 0 Å². The highest BCUT2D eigenvalue weighted by molar-refractivity contribution is 5.75. The molecule has 1 atom stereocenters. The summed E-state index contributed by atoms with van der Waals surface area (Å²) >= 11 is 0. The minimum atomic E-state index is 0.170. The normalized spacial score (nSPS) is 17.6. The van der Waals surface area contributed by atoms with Gasteiger partial charge in [-0.25, -0.2) is 0 Å². The van der Waals surface area contributed by atoms with Crippen LogP contribution in [-0.4, -0.2) is 37.0 Å². The SMILES string of the molecule is CCN(CC)Cc1ccc(CNC(=O)CCC2CCNC2)cc1. The molecule has 4 nitrogen and oxygen atoms in total. The molecule has 0 aromatic heterocycles. The number of hydrogen-bond acceptors (Lipinski definition) is 3. The molecule has 1 aromatic rings. The predicted octanol–water partition coefficient (Wildman–Crippen LogP) is 2.53. The van der Waals surface area contributed by atoms with Crippen molar-refractivity contribution in [1.82, 2.24) is 15.5 Å². The van der Waals surface area contributed by atoms with E-state index in [1.165, 1.54) is 17.5 Å². The molecule has 1 amide bonds. The lowest BCUT2D eigenvalue weighted by atomic mass is 10.0. The molecule has 4 heteroatoms. The van der Waals surface area contributed by atoms with E-state index in [4.69, 9.17) is 0 Å². The summed E-state index contributed by atoms with van der Waals surface area (Å²) < 4.78 is 0. The zero-order valence-electron chi connectivity index (χ0n) is 14.6. The van der Waals surface area contributed by atoms with E-state index < -0.39 is 0 Å². The lowest BCUT2D eigenvalue weighted by Crippen LogP contribution is -2.24. The van der Waals surface area contributed by atoms with Crippen molar-refractivity contribution < 1.29 is 4.79 Å². The van der Waals surface area contributed by atoms with E-state index in [1.807, 2.05) is 0 Å². The quantitative estimate of drug-likeness (QED) is 0.735. The van der Waals surface area contributed by atoms with Gasteiger partial charge >= 0.3 is 0 Å². The van der Waals surface area contributed by atoms with Crippen LogP contribution in [0.25, 0.3) is 0 Å². The van der Waals surface area contributed by atoms with Crippen LogP contribution in [0.15, 0.2) is 24.3 Å². The summed E-state index contributed by atoms with van der Waals surface area (Å²) in [6.07, 6.45) is 2.86. The van der Waals surface area contributed by atoms with Gasteiger partial charge in [0.15, 0.2) is 0 Å². The maximum Gasteiger partial charge on any atom is 0.220 e. The number of amides is 1. The Labute approximate surface area is 140 Å². The summed E-state index contributed by atoms with van der Waals surface area (Å²) in [6, 6.07) is 8.59. The summed E-state index contributed by atoms with van der Waals surface area (Å²) in [6.45, 7) is 10.3. The molecule has 1 fully saturated rings. The first-order chi connectivity index (χ1) is 11.2. The molecule has 0 saturated carbocycles. The number of carbonyl (C=O) groups excluding carboxylic acids is 1. The summed E-state index contributed by atoms with van der Waals surface area (Å²) in [4.78, 5) is 14.3. The minimum Gasteiger partial charge on any atom is -0.352 e. The van der Waals surface area contributed by atoms with Crippen LogP contribution in [0, 0.1) is 5.92 Å². The highest BCUT2D eigenvalue weighted by Crippen LogP contribution is 2.14. The van der Waals surface area contributed by atoms with E-state index in [0.29, 0.717) is 18.9 Å². The monoisotopic (exact) mass is 317 g/mol. The summed E-state index contributed by atoms with van der Waals surface area (Å²) in [7, 11) is 0. The molecule has 2 N–H and O–H groups in total. The Morgan fingerprint density at radius 1 is 1.22 bits per heavy atom. The van der Waals surface area contributed by atoms with Crippen molar-refractivity contribution >= 4 is 5.91 Å². The van der Waals surface area contributed by atoms with Gasteiger partial charge in [0.2, 0.25) is 5.91 Å².